The normalized spacial score (nSPS) is 16.3. The molecule has 1 amide bonds. The summed E-state index contributed by atoms with van der Waals surface area (Å²) >= 11 is 0. The van der Waals surface area contributed by atoms with Crippen molar-refractivity contribution in [3.8, 4) is 0 Å². The number of carbonyl (C=O) groups is 2. The van der Waals surface area contributed by atoms with Gasteiger partial charge < -0.3 is 14.4 Å². The van der Waals surface area contributed by atoms with Gasteiger partial charge in [0.1, 0.15) is 0 Å². The Labute approximate surface area is 134 Å². The maximum atomic E-state index is 12.5. The maximum Gasteiger partial charge on any atom is 0.308 e. The summed E-state index contributed by atoms with van der Waals surface area (Å²) in [5, 5.41) is 8.70. The minimum Gasteiger partial charge on any atom is -0.481 e. The molecule has 1 aromatic rings. The van der Waals surface area contributed by atoms with E-state index in [4.69, 9.17) is 9.52 Å². The molecule has 0 saturated heterocycles. The van der Waals surface area contributed by atoms with Gasteiger partial charge in [0.2, 0.25) is 5.09 Å². The van der Waals surface area contributed by atoms with Gasteiger partial charge in [0.25, 0.3) is 15.9 Å². The van der Waals surface area contributed by atoms with Crippen LogP contribution in [-0.4, -0.2) is 61.3 Å². The predicted octanol–water partition coefficient (Wildman–Crippen LogP) is 0.855. The highest BCUT2D eigenvalue weighted by Crippen LogP contribution is 2.30. The summed E-state index contributed by atoms with van der Waals surface area (Å²) in [5.74, 6) is -2.28. The van der Waals surface area contributed by atoms with E-state index in [0.29, 0.717) is 0 Å². The van der Waals surface area contributed by atoms with Crippen LogP contribution in [0.3, 0.4) is 0 Å². The van der Waals surface area contributed by atoms with Crippen LogP contribution < -0.4 is 0 Å². The number of rotatable bonds is 7. The fraction of sp³-hybridized carbons (Fsp3) is 0.571. The minimum absolute atomic E-state index is 0.0108. The molecule has 0 bridgehead atoms. The monoisotopic (exact) mass is 344 g/mol. The molecule has 1 aliphatic carbocycles. The van der Waals surface area contributed by atoms with E-state index in [1.54, 1.807) is 0 Å². The summed E-state index contributed by atoms with van der Waals surface area (Å²) in [4.78, 5) is 25.0. The van der Waals surface area contributed by atoms with Crippen molar-refractivity contribution in [2.24, 2.45) is 5.92 Å². The SMILES string of the molecule is CC(CN(C(=O)c1ccc(S(=O)(=O)N(C)C)o1)C1CC1)C(=O)O. The zero-order valence-electron chi connectivity index (χ0n) is 13.2. The Morgan fingerprint density at radius 3 is 2.43 bits per heavy atom. The van der Waals surface area contributed by atoms with Crippen LogP contribution in [0.1, 0.15) is 30.3 Å². The minimum atomic E-state index is -3.75. The average Bonchev–Trinajstić information content (AvgIpc) is 3.18. The van der Waals surface area contributed by atoms with Crippen LogP contribution in [-0.2, 0) is 14.8 Å². The quantitative estimate of drug-likeness (QED) is 0.786. The van der Waals surface area contributed by atoms with E-state index >= 15 is 0 Å². The molecule has 1 N–H and O–H groups in total. The first-order valence-electron chi connectivity index (χ1n) is 7.20. The first kappa shape index (κ1) is 17.5. The summed E-state index contributed by atoms with van der Waals surface area (Å²) in [6.07, 6.45) is 1.61. The van der Waals surface area contributed by atoms with Crippen LogP contribution in [0.2, 0.25) is 0 Å². The van der Waals surface area contributed by atoms with Crippen molar-refractivity contribution in [1.82, 2.24) is 9.21 Å². The molecular weight excluding hydrogens is 324 g/mol. The van der Waals surface area contributed by atoms with E-state index in [9.17, 15) is 18.0 Å². The van der Waals surface area contributed by atoms with E-state index in [-0.39, 0.29) is 23.4 Å². The van der Waals surface area contributed by atoms with E-state index in [1.807, 2.05) is 0 Å². The van der Waals surface area contributed by atoms with Gasteiger partial charge in [0, 0.05) is 26.7 Å². The molecule has 1 fully saturated rings. The average molecular weight is 344 g/mol. The van der Waals surface area contributed by atoms with Gasteiger partial charge in [-0.1, -0.05) is 6.92 Å². The Morgan fingerprint density at radius 1 is 1.35 bits per heavy atom. The van der Waals surface area contributed by atoms with Crippen molar-refractivity contribution < 1.29 is 27.5 Å². The summed E-state index contributed by atoms with van der Waals surface area (Å²) < 4.78 is 30.2. The fourth-order valence-electron chi connectivity index (χ4n) is 2.05. The molecule has 0 aromatic carbocycles. The fourth-order valence-corrected chi connectivity index (χ4v) is 2.85. The number of amides is 1. The Bertz CT molecular complexity index is 705. The third-order valence-electron chi connectivity index (χ3n) is 3.67. The van der Waals surface area contributed by atoms with Crippen LogP contribution in [0, 0.1) is 5.92 Å². The van der Waals surface area contributed by atoms with Crippen LogP contribution in [0.15, 0.2) is 21.6 Å². The first-order valence-corrected chi connectivity index (χ1v) is 8.64. The smallest absolute Gasteiger partial charge is 0.308 e. The number of carboxylic acids is 1. The molecule has 1 atom stereocenters. The largest absolute Gasteiger partial charge is 0.481 e. The highest BCUT2D eigenvalue weighted by Gasteiger charge is 2.36. The molecule has 1 unspecified atom stereocenters. The lowest BCUT2D eigenvalue weighted by Crippen LogP contribution is -2.38. The van der Waals surface area contributed by atoms with Crippen LogP contribution >= 0.6 is 0 Å². The summed E-state index contributed by atoms with van der Waals surface area (Å²) in [6.45, 7) is 1.59. The zero-order valence-corrected chi connectivity index (χ0v) is 14.0. The van der Waals surface area contributed by atoms with Gasteiger partial charge in [-0.25, -0.2) is 12.7 Å². The molecule has 0 radical (unpaired) electrons. The van der Waals surface area contributed by atoms with Gasteiger partial charge in [-0.05, 0) is 25.0 Å². The van der Waals surface area contributed by atoms with Gasteiger partial charge in [0.15, 0.2) is 5.76 Å². The van der Waals surface area contributed by atoms with Gasteiger partial charge in [-0.15, -0.1) is 0 Å². The highest BCUT2D eigenvalue weighted by molar-refractivity contribution is 7.88. The number of nitrogens with zero attached hydrogens (tertiary/aromatic N) is 2. The molecule has 23 heavy (non-hydrogen) atoms. The number of aliphatic carboxylic acids is 1. The molecule has 1 aliphatic rings. The molecule has 0 aliphatic heterocycles. The van der Waals surface area contributed by atoms with E-state index in [1.165, 1.54) is 38.1 Å². The summed E-state index contributed by atoms with van der Waals surface area (Å²) in [7, 11) is -1.02. The lowest BCUT2D eigenvalue weighted by atomic mass is 10.1. The Morgan fingerprint density at radius 2 is 1.96 bits per heavy atom. The Kier molecular flexibility index (Phi) is 4.81. The lowest BCUT2D eigenvalue weighted by molar-refractivity contribution is -0.141. The van der Waals surface area contributed by atoms with Crippen molar-refractivity contribution in [3.63, 3.8) is 0 Å². The number of hydrogen-bond donors (Lipinski definition) is 1. The molecule has 8 nitrogen and oxygen atoms in total. The number of furan rings is 1. The second kappa shape index (κ2) is 6.32. The van der Waals surface area contributed by atoms with Crippen molar-refractivity contribution >= 4 is 21.9 Å². The van der Waals surface area contributed by atoms with Gasteiger partial charge in [-0.2, -0.15) is 0 Å². The molecule has 2 rings (SSSR count). The van der Waals surface area contributed by atoms with Gasteiger partial charge in [-0.3, -0.25) is 9.59 Å². The van der Waals surface area contributed by atoms with E-state index in [2.05, 4.69) is 0 Å². The number of hydrogen-bond acceptors (Lipinski definition) is 5. The third-order valence-corrected chi connectivity index (χ3v) is 5.36. The molecular formula is C14H20N2O6S. The number of sulfonamides is 1. The second-order valence-electron chi connectivity index (χ2n) is 5.83. The Balaban J connectivity index is 2.21. The van der Waals surface area contributed by atoms with Crippen molar-refractivity contribution in [2.45, 2.75) is 30.9 Å². The maximum absolute atomic E-state index is 12.5. The van der Waals surface area contributed by atoms with Crippen molar-refractivity contribution in [3.05, 3.63) is 17.9 Å². The number of carboxylic acid groups (broad SMARTS) is 1. The second-order valence-corrected chi connectivity index (χ2v) is 7.92. The lowest BCUT2D eigenvalue weighted by Gasteiger charge is -2.23. The van der Waals surface area contributed by atoms with Crippen LogP contribution in [0.5, 0.6) is 0 Å². The molecule has 128 valence electrons. The highest BCUT2D eigenvalue weighted by atomic mass is 32.2. The third kappa shape index (κ3) is 3.73. The molecule has 9 heteroatoms. The molecule has 1 aromatic heterocycles. The molecule has 1 heterocycles. The van der Waals surface area contributed by atoms with E-state index in [0.717, 1.165) is 17.1 Å². The van der Waals surface area contributed by atoms with Gasteiger partial charge >= 0.3 is 5.97 Å². The van der Waals surface area contributed by atoms with Crippen LogP contribution in [0.25, 0.3) is 0 Å². The summed E-state index contributed by atoms with van der Waals surface area (Å²) in [5.41, 5.74) is 0. The topological polar surface area (TPSA) is 108 Å². The Hall–Kier alpha value is -1.87. The van der Waals surface area contributed by atoms with Crippen molar-refractivity contribution in [2.75, 3.05) is 20.6 Å². The summed E-state index contributed by atoms with van der Waals surface area (Å²) in [6, 6.07) is 2.52. The van der Waals surface area contributed by atoms with Gasteiger partial charge in [0.05, 0.1) is 5.92 Å². The number of carbonyl (C=O) groups excluding carboxylic acids is 1. The molecule has 1 saturated carbocycles. The standard InChI is InChI=1S/C14H20N2O6S/c1-9(14(18)19)8-16(10-4-5-10)13(17)11-6-7-12(22-11)23(20,21)15(2)3/h6-7,9-10H,4-5,8H2,1-3H3,(H,18,19). The van der Waals surface area contributed by atoms with E-state index < -0.39 is 27.8 Å². The first-order chi connectivity index (χ1) is 10.6. The van der Waals surface area contributed by atoms with Crippen molar-refractivity contribution in [1.29, 1.82) is 0 Å². The molecule has 0 spiro atoms. The van der Waals surface area contributed by atoms with Crippen LogP contribution in [0.4, 0.5) is 0 Å². The zero-order chi connectivity index (χ0) is 17.4. The predicted molar refractivity (Wildman–Crippen MR) is 80.4 cm³/mol.